The van der Waals surface area contributed by atoms with Gasteiger partial charge in [0.05, 0.1) is 19.3 Å². The number of rotatable bonds is 4. The zero-order chi connectivity index (χ0) is 17.8. The van der Waals surface area contributed by atoms with Crippen LogP contribution in [0, 0.1) is 5.41 Å². The highest BCUT2D eigenvalue weighted by atomic mass is 28.4. The predicted molar refractivity (Wildman–Crippen MR) is 99.5 cm³/mol. The molecule has 0 aromatic carbocycles. The summed E-state index contributed by atoms with van der Waals surface area (Å²) in [7, 11) is -1.84. The topological polar surface area (TPSA) is 35.5 Å². The smallest absolute Gasteiger partial charge is 0.192 e. The van der Waals surface area contributed by atoms with Gasteiger partial charge in [0.25, 0.3) is 0 Å². The van der Waals surface area contributed by atoms with E-state index in [0.29, 0.717) is 13.2 Å². The van der Waals surface area contributed by atoms with Crippen LogP contribution >= 0.6 is 0 Å². The van der Waals surface area contributed by atoms with Crippen LogP contribution in [0.2, 0.25) is 18.1 Å². The first kappa shape index (κ1) is 17.8. The summed E-state index contributed by atoms with van der Waals surface area (Å²) in [6.07, 6.45) is 8.38. The average Bonchev–Trinajstić information content (AvgIpc) is 3.06. The van der Waals surface area contributed by atoms with Crippen molar-refractivity contribution < 1.29 is 14.0 Å². The van der Waals surface area contributed by atoms with Crippen molar-refractivity contribution in [2.75, 3.05) is 13.2 Å². The van der Waals surface area contributed by atoms with E-state index in [1.165, 1.54) is 16.7 Å². The third-order valence-electron chi connectivity index (χ3n) is 6.15. The molecule has 2 unspecified atom stereocenters. The van der Waals surface area contributed by atoms with E-state index in [1.54, 1.807) is 13.0 Å². The van der Waals surface area contributed by atoms with E-state index in [2.05, 4.69) is 46.0 Å². The lowest BCUT2D eigenvalue weighted by Gasteiger charge is -2.39. The molecule has 2 atom stereocenters. The Kier molecular flexibility index (Phi) is 4.30. The second-order valence-corrected chi connectivity index (χ2v) is 13.7. The first-order valence-electron chi connectivity index (χ1n) is 8.97. The van der Waals surface area contributed by atoms with Gasteiger partial charge < -0.3 is 9.16 Å². The van der Waals surface area contributed by atoms with Crippen molar-refractivity contribution in [3.8, 4) is 0 Å². The highest BCUT2D eigenvalue weighted by Gasteiger charge is 2.51. The molecule has 0 N–H and O–H groups in total. The fourth-order valence-electron chi connectivity index (χ4n) is 3.84. The van der Waals surface area contributed by atoms with Gasteiger partial charge in [-0.25, -0.2) is 0 Å². The van der Waals surface area contributed by atoms with Crippen molar-refractivity contribution >= 4 is 14.1 Å². The number of carbonyl (C=O) groups is 1. The van der Waals surface area contributed by atoms with Crippen molar-refractivity contribution in [2.45, 2.75) is 64.8 Å². The Hall–Kier alpha value is -0.973. The second-order valence-electron chi connectivity index (χ2n) is 8.94. The molecule has 2 aliphatic carbocycles. The predicted octanol–water partition coefficient (Wildman–Crippen LogP) is 4.57. The number of carbonyl (C=O) groups excluding carboxylic acids is 1. The number of ether oxygens (including phenoxy) is 1. The number of hydrogen-bond acceptors (Lipinski definition) is 3. The van der Waals surface area contributed by atoms with Gasteiger partial charge in [-0.1, -0.05) is 32.9 Å². The van der Waals surface area contributed by atoms with E-state index in [1.807, 2.05) is 0 Å². The molecule has 24 heavy (non-hydrogen) atoms. The van der Waals surface area contributed by atoms with Gasteiger partial charge in [-0.3, -0.25) is 4.79 Å². The van der Waals surface area contributed by atoms with Crippen LogP contribution < -0.4 is 0 Å². The Morgan fingerprint density at radius 3 is 2.71 bits per heavy atom. The molecule has 3 nitrogen and oxygen atoms in total. The van der Waals surface area contributed by atoms with Crippen molar-refractivity contribution in [3.05, 3.63) is 34.9 Å². The number of ketones is 1. The quantitative estimate of drug-likeness (QED) is 0.552. The maximum absolute atomic E-state index is 11.5. The molecule has 1 saturated heterocycles. The lowest BCUT2D eigenvalue weighted by Crippen LogP contribution is -2.44. The van der Waals surface area contributed by atoms with Gasteiger partial charge in [0.1, 0.15) is 0 Å². The lowest BCUT2D eigenvalue weighted by atomic mass is 9.83. The maximum atomic E-state index is 11.5. The van der Waals surface area contributed by atoms with E-state index < -0.39 is 8.32 Å². The minimum absolute atomic E-state index is 0.106. The van der Waals surface area contributed by atoms with E-state index in [-0.39, 0.29) is 22.3 Å². The zero-order valence-corrected chi connectivity index (χ0v) is 16.9. The fourth-order valence-corrected chi connectivity index (χ4v) is 5.15. The molecule has 1 saturated carbocycles. The Morgan fingerprint density at radius 1 is 1.38 bits per heavy atom. The summed E-state index contributed by atoms with van der Waals surface area (Å²) < 4.78 is 12.5. The maximum Gasteiger partial charge on any atom is 0.192 e. The van der Waals surface area contributed by atoms with Gasteiger partial charge in [-0.15, -0.1) is 0 Å². The zero-order valence-electron chi connectivity index (χ0n) is 15.9. The van der Waals surface area contributed by atoms with Crippen LogP contribution in [-0.4, -0.2) is 33.4 Å². The number of fused-ring (bicyclic) bond motifs is 2. The van der Waals surface area contributed by atoms with Crippen molar-refractivity contribution in [1.29, 1.82) is 0 Å². The molecule has 0 amide bonds. The monoisotopic (exact) mass is 346 g/mol. The first-order valence-corrected chi connectivity index (χ1v) is 11.9. The summed E-state index contributed by atoms with van der Waals surface area (Å²) in [5, 5.41) is 0.194. The van der Waals surface area contributed by atoms with Crippen LogP contribution in [0.3, 0.4) is 0 Å². The first-order chi connectivity index (χ1) is 11.1. The van der Waals surface area contributed by atoms with Gasteiger partial charge in [0, 0.05) is 5.41 Å². The van der Waals surface area contributed by atoms with Gasteiger partial charge in [-0.05, 0) is 60.7 Å². The Balaban J connectivity index is 1.96. The molecule has 4 heteroatoms. The third kappa shape index (κ3) is 2.89. The molecule has 0 aromatic heterocycles. The molecular weight excluding hydrogens is 316 g/mol. The van der Waals surface area contributed by atoms with E-state index in [0.717, 1.165) is 12.8 Å². The van der Waals surface area contributed by atoms with Crippen LogP contribution in [0.5, 0.6) is 0 Å². The largest absolute Gasteiger partial charge is 0.410 e. The van der Waals surface area contributed by atoms with E-state index in [4.69, 9.17) is 9.16 Å². The van der Waals surface area contributed by atoms with Crippen molar-refractivity contribution in [1.82, 2.24) is 0 Å². The molecule has 1 heterocycles. The molecule has 0 aromatic rings. The van der Waals surface area contributed by atoms with Crippen molar-refractivity contribution in [2.24, 2.45) is 5.41 Å². The van der Waals surface area contributed by atoms with Crippen LogP contribution in [0.4, 0.5) is 0 Å². The third-order valence-corrected chi connectivity index (χ3v) is 10.6. The number of allylic oxidation sites excluding steroid dienone is 3. The van der Waals surface area contributed by atoms with E-state index >= 15 is 0 Å². The lowest BCUT2D eigenvalue weighted by molar-refractivity contribution is -0.112. The minimum atomic E-state index is -1.84. The van der Waals surface area contributed by atoms with Gasteiger partial charge >= 0.3 is 0 Å². The summed E-state index contributed by atoms with van der Waals surface area (Å²) in [6, 6.07) is 0. The van der Waals surface area contributed by atoms with Crippen molar-refractivity contribution in [3.63, 3.8) is 0 Å². The highest BCUT2D eigenvalue weighted by molar-refractivity contribution is 6.74. The fraction of sp³-hybridized carbons (Fsp3) is 0.650. The number of hydrogen-bond donors (Lipinski definition) is 0. The molecule has 0 radical (unpaired) electrons. The van der Waals surface area contributed by atoms with Crippen LogP contribution in [-0.2, 0) is 14.0 Å². The van der Waals surface area contributed by atoms with Crippen LogP contribution in [0.15, 0.2) is 34.9 Å². The Labute approximate surface area is 146 Å². The Morgan fingerprint density at radius 2 is 2.08 bits per heavy atom. The normalized spacial score (nSPS) is 30.1. The molecule has 0 spiro atoms. The molecule has 3 rings (SSSR count). The summed E-state index contributed by atoms with van der Waals surface area (Å²) in [5.41, 5.74) is 3.90. The summed E-state index contributed by atoms with van der Waals surface area (Å²) in [4.78, 5) is 11.5. The van der Waals surface area contributed by atoms with Crippen LogP contribution in [0.25, 0.3) is 0 Å². The molecule has 3 aliphatic rings. The standard InChI is InChI=1S/C20H30O3Si/c1-14(21)7-9-20-10-8-17(23-24(5,6)19(2,3)4)18(20)16-13-22-12-15(16)11-20/h7,9,11,17H,8,10,12-13H2,1-6H3/b9-7+. The van der Waals surface area contributed by atoms with Gasteiger partial charge in [0.15, 0.2) is 14.1 Å². The molecule has 1 aliphatic heterocycles. The minimum Gasteiger partial charge on any atom is -0.410 e. The van der Waals surface area contributed by atoms with Gasteiger partial charge in [-0.2, -0.15) is 0 Å². The second kappa shape index (κ2) is 5.79. The Bertz CT molecular complexity index is 648. The van der Waals surface area contributed by atoms with Crippen LogP contribution in [0.1, 0.15) is 40.5 Å². The average molecular weight is 347 g/mol. The summed E-state index contributed by atoms with van der Waals surface area (Å²) in [6.45, 7) is 14.5. The molecular formula is C20H30O3Si. The highest BCUT2D eigenvalue weighted by Crippen LogP contribution is 2.56. The molecule has 132 valence electrons. The summed E-state index contributed by atoms with van der Waals surface area (Å²) >= 11 is 0. The summed E-state index contributed by atoms with van der Waals surface area (Å²) in [5.74, 6) is 0.106. The molecule has 2 fully saturated rings. The van der Waals surface area contributed by atoms with Gasteiger partial charge in [0.2, 0.25) is 0 Å². The SMILES string of the molecule is CC(=O)/C=C/C12C=C3COCC3=C1C(O[Si](C)(C)C(C)(C)C)CC2. The molecule has 0 bridgehead atoms. The van der Waals surface area contributed by atoms with E-state index in [9.17, 15) is 4.79 Å².